The first-order valence-electron chi connectivity index (χ1n) is 12.8. The monoisotopic (exact) mass is 515 g/mol. The second-order valence-electron chi connectivity index (χ2n) is 8.57. The fraction of sp³-hybridized carbons (Fsp3) is 0.731. The molecule has 0 bridgehead atoms. The first kappa shape index (κ1) is 30.8. The van der Waals surface area contributed by atoms with E-state index < -0.39 is 17.3 Å². The van der Waals surface area contributed by atoms with Gasteiger partial charge in [-0.2, -0.15) is 0 Å². The van der Waals surface area contributed by atoms with E-state index in [1.165, 1.54) is 66.8 Å². The van der Waals surface area contributed by atoms with E-state index in [-0.39, 0.29) is 5.25 Å². The third-order valence-electron chi connectivity index (χ3n) is 5.60. The fourth-order valence-electron chi connectivity index (χ4n) is 3.53. The van der Waals surface area contributed by atoms with Gasteiger partial charge in [-0.15, -0.1) is 0 Å². The maximum atomic E-state index is 12.3. The second kappa shape index (κ2) is 19.0. The molecule has 196 valence electrons. The highest BCUT2D eigenvalue weighted by Crippen LogP contribution is 2.33. The van der Waals surface area contributed by atoms with Crippen molar-refractivity contribution in [3.8, 4) is 11.5 Å². The van der Waals surface area contributed by atoms with Crippen LogP contribution in [0.5, 0.6) is 11.5 Å². The molecule has 8 heteroatoms. The van der Waals surface area contributed by atoms with Crippen LogP contribution in [0.3, 0.4) is 0 Å². The van der Waals surface area contributed by atoms with Gasteiger partial charge in [0, 0.05) is 18.7 Å². The number of hydrogen-bond donors (Lipinski definition) is 1. The third-order valence-corrected chi connectivity index (χ3v) is 8.56. The van der Waals surface area contributed by atoms with Gasteiger partial charge in [-0.1, -0.05) is 69.6 Å². The molecule has 2 rings (SSSR count). The summed E-state index contributed by atoms with van der Waals surface area (Å²) in [6.45, 7) is 9.16. The summed E-state index contributed by atoms with van der Waals surface area (Å²) in [5.74, 6) is 3.36. The van der Waals surface area contributed by atoms with Crippen molar-refractivity contribution in [2.24, 2.45) is 0 Å². The van der Waals surface area contributed by atoms with Crippen molar-refractivity contribution in [1.82, 2.24) is 4.31 Å². The smallest absolute Gasteiger partial charge is 0.417 e. The van der Waals surface area contributed by atoms with Crippen LogP contribution in [0.2, 0.25) is 0 Å². The minimum Gasteiger partial charge on any atom is -0.616 e. The summed E-state index contributed by atoms with van der Waals surface area (Å²) in [5.41, 5.74) is 1.17. The molecule has 0 radical (unpaired) electrons. The van der Waals surface area contributed by atoms with E-state index >= 15 is 0 Å². The lowest BCUT2D eigenvalue weighted by molar-refractivity contribution is 0.174. The minimum absolute atomic E-state index is 0.191. The molecule has 6 nitrogen and oxygen atoms in total. The summed E-state index contributed by atoms with van der Waals surface area (Å²) in [6, 6.07) is 6.01. The standard InChI is InChI=1S/C18H28O3S.C8H17NO2S/c1-3-4-5-6-7-8-11-22(19)15(2)12-16-9-10-17-18(13-16)21-14-20-17;1-3-5-6-7-12-9(4-2)8(10)11/h9-10,13,15H,3-8,11-12,14H2,1-2H3;3-7H2,1-2H3,(H,10,11). The fourth-order valence-corrected chi connectivity index (χ4v) is 5.64. The van der Waals surface area contributed by atoms with Gasteiger partial charge in [-0.25, -0.2) is 4.79 Å². The normalized spacial score (nSPS) is 13.7. The van der Waals surface area contributed by atoms with Gasteiger partial charge in [-0.3, -0.25) is 4.31 Å². The van der Waals surface area contributed by atoms with Crippen LogP contribution in [-0.2, 0) is 17.6 Å². The predicted octanol–water partition coefficient (Wildman–Crippen LogP) is 7.28. The maximum Gasteiger partial charge on any atom is 0.417 e. The van der Waals surface area contributed by atoms with Crippen molar-refractivity contribution in [2.45, 2.75) is 97.2 Å². The van der Waals surface area contributed by atoms with Gasteiger partial charge in [0.1, 0.15) is 11.0 Å². The number of benzene rings is 1. The molecule has 1 aromatic rings. The molecule has 0 spiro atoms. The minimum atomic E-state index is -0.834. The SMILES string of the molecule is CCCCCCCC[S+]([O-])C(C)Cc1ccc2c(c1)OCO2.CCCCCSN(CC)C(=O)O. The van der Waals surface area contributed by atoms with Gasteiger partial charge in [0.25, 0.3) is 0 Å². The predicted molar refractivity (Wildman–Crippen MR) is 145 cm³/mol. The Morgan fingerprint density at radius 3 is 2.38 bits per heavy atom. The number of nitrogens with zero attached hydrogens (tertiary/aromatic N) is 1. The summed E-state index contributed by atoms with van der Waals surface area (Å²) in [6.07, 6.45) is 11.0. The summed E-state index contributed by atoms with van der Waals surface area (Å²) >= 11 is 0.661. The highest BCUT2D eigenvalue weighted by atomic mass is 32.2. The molecule has 1 aromatic carbocycles. The van der Waals surface area contributed by atoms with E-state index in [1.807, 2.05) is 25.1 Å². The van der Waals surface area contributed by atoms with Crippen LogP contribution in [0.25, 0.3) is 0 Å². The second-order valence-corrected chi connectivity index (χ2v) is 11.7. The zero-order valence-corrected chi connectivity index (χ0v) is 23.2. The molecule has 2 unspecified atom stereocenters. The maximum absolute atomic E-state index is 12.3. The lowest BCUT2D eigenvalue weighted by atomic mass is 10.1. The first-order chi connectivity index (χ1) is 16.4. The Hall–Kier alpha value is -1.25. The van der Waals surface area contributed by atoms with Gasteiger partial charge >= 0.3 is 6.09 Å². The molecule has 0 aromatic heterocycles. The lowest BCUT2D eigenvalue weighted by Gasteiger charge is -2.18. The van der Waals surface area contributed by atoms with Gasteiger partial charge in [0.05, 0.1) is 0 Å². The molecule has 34 heavy (non-hydrogen) atoms. The largest absolute Gasteiger partial charge is 0.616 e. The molecular weight excluding hydrogens is 470 g/mol. The number of hydrogen-bond acceptors (Lipinski definition) is 5. The number of unbranched alkanes of at least 4 members (excludes halogenated alkanes) is 7. The third kappa shape index (κ3) is 13.0. The molecule has 1 aliphatic heterocycles. The van der Waals surface area contributed by atoms with Crippen LogP contribution in [0.4, 0.5) is 4.79 Å². The summed E-state index contributed by atoms with van der Waals surface area (Å²) in [4.78, 5) is 10.5. The zero-order valence-electron chi connectivity index (χ0n) is 21.6. The van der Waals surface area contributed by atoms with Crippen LogP contribution in [0.1, 0.15) is 91.0 Å². The van der Waals surface area contributed by atoms with Crippen LogP contribution < -0.4 is 9.47 Å². The van der Waals surface area contributed by atoms with E-state index in [0.29, 0.717) is 13.3 Å². The van der Waals surface area contributed by atoms with Gasteiger partial charge < -0.3 is 19.1 Å². The van der Waals surface area contributed by atoms with E-state index in [1.54, 1.807) is 0 Å². The van der Waals surface area contributed by atoms with Crippen molar-refractivity contribution in [1.29, 1.82) is 0 Å². The molecular formula is C26H45NO5S2. The van der Waals surface area contributed by atoms with Gasteiger partial charge in [0.2, 0.25) is 6.79 Å². The summed E-state index contributed by atoms with van der Waals surface area (Å²) in [5, 5.41) is 8.83. The van der Waals surface area contributed by atoms with Crippen molar-refractivity contribution >= 4 is 29.2 Å². The molecule has 2 atom stereocenters. The Morgan fingerprint density at radius 2 is 1.71 bits per heavy atom. The molecule has 0 fully saturated rings. The van der Waals surface area contributed by atoms with Gasteiger partial charge in [0.15, 0.2) is 11.5 Å². The molecule has 0 saturated carbocycles. The van der Waals surface area contributed by atoms with E-state index in [9.17, 15) is 9.35 Å². The van der Waals surface area contributed by atoms with Crippen LogP contribution in [0.15, 0.2) is 18.2 Å². The van der Waals surface area contributed by atoms with Crippen molar-refractivity contribution in [2.75, 3.05) is 24.8 Å². The van der Waals surface area contributed by atoms with Crippen molar-refractivity contribution < 1.29 is 23.9 Å². The number of carbonyl (C=O) groups is 1. The Kier molecular flexibility index (Phi) is 17.2. The number of fused-ring (bicyclic) bond motifs is 1. The molecule has 0 saturated heterocycles. The Morgan fingerprint density at radius 1 is 1.06 bits per heavy atom. The van der Waals surface area contributed by atoms with Gasteiger partial charge in [-0.05, 0) is 62.8 Å². The van der Waals surface area contributed by atoms with Crippen LogP contribution in [-0.4, -0.2) is 50.2 Å². The Labute approximate surface area is 214 Å². The number of carboxylic acid groups (broad SMARTS) is 1. The molecule has 1 N–H and O–H groups in total. The summed E-state index contributed by atoms with van der Waals surface area (Å²) in [7, 11) is 0. The first-order valence-corrected chi connectivity index (χ1v) is 15.1. The summed E-state index contributed by atoms with van der Waals surface area (Å²) < 4.78 is 24.4. The molecule has 1 heterocycles. The zero-order chi connectivity index (χ0) is 25.2. The quantitative estimate of drug-likeness (QED) is 0.141. The highest BCUT2D eigenvalue weighted by Gasteiger charge is 2.19. The lowest BCUT2D eigenvalue weighted by Crippen LogP contribution is -2.23. The average molecular weight is 516 g/mol. The van der Waals surface area contributed by atoms with Crippen molar-refractivity contribution in [3.05, 3.63) is 23.8 Å². The van der Waals surface area contributed by atoms with Crippen molar-refractivity contribution in [3.63, 3.8) is 0 Å². The highest BCUT2D eigenvalue weighted by molar-refractivity contribution is 7.97. The molecule has 1 amide bonds. The van der Waals surface area contributed by atoms with E-state index in [4.69, 9.17) is 14.6 Å². The molecule has 1 aliphatic rings. The van der Waals surface area contributed by atoms with Crippen LogP contribution in [0, 0.1) is 0 Å². The van der Waals surface area contributed by atoms with E-state index in [2.05, 4.69) is 20.8 Å². The Bertz CT molecular complexity index is 677. The Balaban J connectivity index is 0.000000411. The molecule has 0 aliphatic carbocycles. The number of amides is 1. The van der Waals surface area contributed by atoms with E-state index in [0.717, 1.165) is 42.3 Å². The van der Waals surface area contributed by atoms with Crippen LogP contribution >= 0.6 is 11.9 Å². The topological polar surface area (TPSA) is 82.1 Å². The number of rotatable bonds is 16. The average Bonchev–Trinajstić information content (AvgIpc) is 3.29. The number of ether oxygens (including phenoxy) is 2.